The topological polar surface area (TPSA) is 62.7 Å². The number of anilines is 2. The lowest BCUT2D eigenvalue weighted by Crippen LogP contribution is -2.17. The first-order chi connectivity index (χ1) is 7.69. The summed E-state index contributed by atoms with van der Waals surface area (Å²) in [5, 5.41) is 6.31. The van der Waals surface area contributed by atoms with Gasteiger partial charge in [-0.1, -0.05) is 6.92 Å². The molecule has 0 saturated heterocycles. The van der Waals surface area contributed by atoms with E-state index in [2.05, 4.69) is 52.1 Å². The zero-order valence-corrected chi connectivity index (χ0v) is 10.9. The Hall–Kier alpha value is -1.04. The fraction of sp³-hybridized carbons (Fsp3) is 0.700. The molecule has 0 aliphatic rings. The summed E-state index contributed by atoms with van der Waals surface area (Å²) in [6, 6.07) is 0.352. The molecule has 0 aliphatic carbocycles. The normalized spacial score (nSPS) is 12.2. The first kappa shape index (κ1) is 13.0. The van der Waals surface area contributed by atoms with Crippen molar-refractivity contribution < 1.29 is 0 Å². The molecule has 5 nitrogen and oxygen atoms in total. The van der Waals surface area contributed by atoms with Gasteiger partial charge in [-0.15, -0.1) is 0 Å². The summed E-state index contributed by atoms with van der Waals surface area (Å²) >= 11 is 4.18. The molecule has 1 unspecified atom stereocenters. The predicted molar refractivity (Wildman–Crippen MR) is 70.1 cm³/mol. The molecule has 1 rings (SSSR count). The van der Waals surface area contributed by atoms with Gasteiger partial charge in [-0.25, -0.2) is 0 Å². The maximum absolute atomic E-state index is 4.28. The van der Waals surface area contributed by atoms with E-state index in [-0.39, 0.29) is 0 Å². The Morgan fingerprint density at radius 2 is 1.88 bits per heavy atom. The van der Waals surface area contributed by atoms with E-state index in [1.54, 1.807) is 0 Å². The molecule has 1 aromatic heterocycles. The molecule has 1 atom stereocenters. The fourth-order valence-corrected chi connectivity index (χ4v) is 1.26. The van der Waals surface area contributed by atoms with Gasteiger partial charge >= 0.3 is 0 Å². The highest BCUT2D eigenvalue weighted by Gasteiger charge is 2.06. The van der Waals surface area contributed by atoms with Crippen molar-refractivity contribution >= 4 is 24.5 Å². The third kappa shape index (κ3) is 3.84. The maximum atomic E-state index is 4.28. The monoisotopic (exact) mass is 241 g/mol. The Labute approximate surface area is 102 Å². The second kappa shape index (κ2) is 6.52. The van der Waals surface area contributed by atoms with Crippen molar-refractivity contribution in [3.8, 4) is 0 Å². The van der Waals surface area contributed by atoms with Gasteiger partial charge in [0.05, 0.1) is 5.75 Å². The minimum atomic E-state index is 0.352. The van der Waals surface area contributed by atoms with Gasteiger partial charge in [0.25, 0.3) is 0 Å². The van der Waals surface area contributed by atoms with E-state index >= 15 is 0 Å². The molecule has 1 aromatic rings. The summed E-state index contributed by atoms with van der Waals surface area (Å²) in [4.78, 5) is 12.8. The van der Waals surface area contributed by atoms with Crippen LogP contribution in [-0.4, -0.2) is 27.5 Å². The highest BCUT2D eigenvalue weighted by molar-refractivity contribution is 7.79. The minimum absolute atomic E-state index is 0.352. The second-order valence-electron chi connectivity index (χ2n) is 3.54. The Morgan fingerprint density at radius 1 is 1.19 bits per heavy atom. The van der Waals surface area contributed by atoms with Crippen LogP contribution in [0.4, 0.5) is 11.9 Å². The van der Waals surface area contributed by atoms with Crippen LogP contribution in [0.3, 0.4) is 0 Å². The van der Waals surface area contributed by atoms with E-state index in [0.29, 0.717) is 29.5 Å². The van der Waals surface area contributed by atoms with Crippen molar-refractivity contribution in [3.05, 3.63) is 5.82 Å². The minimum Gasteiger partial charge on any atom is -0.354 e. The standard InChI is InChI=1S/C10H19N5S/c1-4-7(3)12-10-14-8(6-16)13-9(15-10)11-5-2/h7,16H,4-6H2,1-3H3,(H2,11,12,13,14,15). The lowest BCUT2D eigenvalue weighted by molar-refractivity contribution is 0.748. The molecule has 0 amide bonds. The fourth-order valence-electron chi connectivity index (χ4n) is 1.11. The molecule has 0 bridgehead atoms. The Balaban J connectivity index is 2.85. The van der Waals surface area contributed by atoms with Gasteiger partial charge in [-0.05, 0) is 20.3 Å². The lowest BCUT2D eigenvalue weighted by atomic mass is 10.3. The number of nitrogens with zero attached hydrogens (tertiary/aromatic N) is 3. The van der Waals surface area contributed by atoms with Gasteiger partial charge in [0, 0.05) is 12.6 Å². The van der Waals surface area contributed by atoms with Gasteiger partial charge < -0.3 is 10.6 Å². The van der Waals surface area contributed by atoms with Gasteiger partial charge in [0.1, 0.15) is 5.82 Å². The number of rotatable bonds is 6. The number of nitrogens with one attached hydrogen (secondary N) is 2. The SMILES string of the molecule is CCNc1nc(CS)nc(NC(C)CC)n1. The van der Waals surface area contributed by atoms with Crippen LogP contribution in [-0.2, 0) is 5.75 Å². The van der Waals surface area contributed by atoms with E-state index < -0.39 is 0 Å². The van der Waals surface area contributed by atoms with Gasteiger partial charge in [0.15, 0.2) is 0 Å². The van der Waals surface area contributed by atoms with Gasteiger partial charge in [0.2, 0.25) is 11.9 Å². The summed E-state index contributed by atoms with van der Waals surface area (Å²) in [6.45, 7) is 7.01. The van der Waals surface area contributed by atoms with Crippen LogP contribution in [0.5, 0.6) is 0 Å². The van der Waals surface area contributed by atoms with Crippen LogP contribution in [0.1, 0.15) is 33.0 Å². The molecule has 0 saturated carbocycles. The molecule has 0 radical (unpaired) electrons. The van der Waals surface area contributed by atoms with E-state index in [1.807, 2.05) is 6.92 Å². The van der Waals surface area contributed by atoms with Crippen LogP contribution in [0.25, 0.3) is 0 Å². The largest absolute Gasteiger partial charge is 0.354 e. The summed E-state index contributed by atoms with van der Waals surface area (Å²) in [6.07, 6.45) is 1.03. The van der Waals surface area contributed by atoms with E-state index in [0.717, 1.165) is 13.0 Å². The molecule has 1 heterocycles. The number of hydrogen-bond donors (Lipinski definition) is 3. The molecule has 0 aliphatic heterocycles. The van der Waals surface area contributed by atoms with Crippen LogP contribution in [0, 0.1) is 0 Å². The summed E-state index contributed by atoms with van der Waals surface area (Å²) in [5.41, 5.74) is 0. The molecule has 0 aromatic carbocycles. The van der Waals surface area contributed by atoms with Crippen LogP contribution < -0.4 is 10.6 Å². The summed E-state index contributed by atoms with van der Waals surface area (Å²) in [7, 11) is 0. The molecule has 16 heavy (non-hydrogen) atoms. The van der Waals surface area contributed by atoms with E-state index in [4.69, 9.17) is 0 Å². The van der Waals surface area contributed by atoms with Gasteiger partial charge in [-0.2, -0.15) is 27.6 Å². The molecule has 6 heteroatoms. The number of hydrogen-bond acceptors (Lipinski definition) is 6. The lowest BCUT2D eigenvalue weighted by Gasteiger charge is -2.12. The third-order valence-corrected chi connectivity index (χ3v) is 2.43. The average Bonchev–Trinajstić information content (AvgIpc) is 2.29. The van der Waals surface area contributed by atoms with E-state index in [1.165, 1.54) is 0 Å². The zero-order chi connectivity index (χ0) is 12.0. The maximum Gasteiger partial charge on any atom is 0.227 e. The molecule has 2 N–H and O–H groups in total. The Morgan fingerprint density at radius 3 is 2.44 bits per heavy atom. The quantitative estimate of drug-likeness (QED) is 0.664. The van der Waals surface area contributed by atoms with Crippen molar-refractivity contribution in [2.75, 3.05) is 17.2 Å². The van der Waals surface area contributed by atoms with Crippen molar-refractivity contribution in [1.29, 1.82) is 0 Å². The number of aromatic nitrogens is 3. The van der Waals surface area contributed by atoms with Gasteiger partial charge in [-0.3, -0.25) is 0 Å². The first-order valence-electron chi connectivity index (χ1n) is 5.55. The number of thiol groups is 1. The molecular weight excluding hydrogens is 222 g/mol. The van der Waals surface area contributed by atoms with Crippen molar-refractivity contribution in [1.82, 2.24) is 15.0 Å². The van der Waals surface area contributed by atoms with Crippen molar-refractivity contribution in [2.45, 2.75) is 39.0 Å². The van der Waals surface area contributed by atoms with Crippen molar-refractivity contribution in [2.24, 2.45) is 0 Å². The molecule has 0 spiro atoms. The zero-order valence-electron chi connectivity index (χ0n) is 9.99. The van der Waals surface area contributed by atoms with Crippen LogP contribution in [0.15, 0.2) is 0 Å². The van der Waals surface area contributed by atoms with Crippen LogP contribution in [0.2, 0.25) is 0 Å². The van der Waals surface area contributed by atoms with Crippen LogP contribution >= 0.6 is 12.6 Å². The second-order valence-corrected chi connectivity index (χ2v) is 3.86. The molecule has 90 valence electrons. The molecular formula is C10H19N5S. The van der Waals surface area contributed by atoms with E-state index in [9.17, 15) is 0 Å². The Bertz CT molecular complexity index is 331. The smallest absolute Gasteiger partial charge is 0.227 e. The highest BCUT2D eigenvalue weighted by atomic mass is 32.1. The first-order valence-corrected chi connectivity index (χ1v) is 6.19. The van der Waals surface area contributed by atoms with Crippen molar-refractivity contribution in [3.63, 3.8) is 0 Å². The summed E-state index contributed by atoms with van der Waals surface area (Å²) in [5.74, 6) is 2.41. The highest BCUT2D eigenvalue weighted by Crippen LogP contribution is 2.09. The average molecular weight is 241 g/mol. The predicted octanol–water partition coefficient (Wildman–Crippen LogP) is 1.94. The summed E-state index contributed by atoms with van der Waals surface area (Å²) < 4.78 is 0. The Kier molecular flexibility index (Phi) is 5.31. The molecule has 0 fully saturated rings. The third-order valence-electron chi connectivity index (χ3n) is 2.15.